The second kappa shape index (κ2) is 5.27. The third kappa shape index (κ3) is 3.35. The van der Waals surface area contributed by atoms with Crippen molar-refractivity contribution < 1.29 is 13.5 Å². The normalized spacial score (nSPS) is 20.8. The third-order valence-corrected chi connectivity index (χ3v) is 3.66. The van der Waals surface area contributed by atoms with Gasteiger partial charge in [-0.3, -0.25) is 0 Å². The summed E-state index contributed by atoms with van der Waals surface area (Å²) in [4.78, 5) is 2.08. The number of benzene rings is 1. The molecule has 1 aliphatic rings. The Balaban J connectivity index is 1.93. The lowest BCUT2D eigenvalue weighted by Crippen LogP contribution is -2.64. The first-order valence-electron chi connectivity index (χ1n) is 5.54. The average molecular weight is 255 g/mol. The summed E-state index contributed by atoms with van der Waals surface area (Å²) < 4.78 is 25.8. The molecule has 0 radical (unpaired) electrons. The highest BCUT2D eigenvalue weighted by molar-refractivity contribution is 7.79. The van der Waals surface area contributed by atoms with E-state index in [4.69, 9.17) is 9.29 Å². The van der Waals surface area contributed by atoms with E-state index in [0.29, 0.717) is 19.7 Å². The Morgan fingerprint density at radius 2 is 2.06 bits per heavy atom. The van der Waals surface area contributed by atoms with Crippen molar-refractivity contribution in [2.45, 2.75) is 12.2 Å². The molecule has 1 N–H and O–H groups in total. The molecule has 0 aliphatic carbocycles. The first-order valence-corrected chi connectivity index (χ1v) is 6.81. The summed E-state index contributed by atoms with van der Waals surface area (Å²) in [7, 11) is 1.98. The van der Waals surface area contributed by atoms with Gasteiger partial charge >= 0.3 is 0 Å². The molecule has 5 heteroatoms. The van der Waals surface area contributed by atoms with Crippen LogP contribution in [0.15, 0.2) is 30.3 Å². The minimum atomic E-state index is -1.81. The van der Waals surface area contributed by atoms with Crippen LogP contribution in [0.2, 0.25) is 0 Å². The van der Waals surface area contributed by atoms with E-state index in [1.54, 1.807) is 0 Å². The number of likely N-dealkylation sites (N-methyl/N-ethyl adjacent to an activating group) is 1. The second-order valence-electron chi connectivity index (χ2n) is 4.60. The van der Waals surface area contributed by atoms with Crippen LogP contribution < -0.4 is 0 Å². The van der Waals surface area contributed by atoms with Crippen LogP contribution in [0, 0.1) is 0 Å². The lowest BCUT2D eigenvalue weighted by atomic mass is 9.97. The lowest BCUT2D eigenvalue weighted by molar-refractivity contribution is -0.128. The number of hydrogen-bond acceptors (Lipinski definition) is 3. The minimum Gasteiger partial charge on any atom is -0.367 e. The SMILES string of the molecule is CN1CC(CS(=O)O)(OCc2ccccc2)C1. The Labute approximate surface area is 104 Å². The number of hydrogen-bond donors (Lipinski definition) is 1. The van der Waals surface area contributed by atoms with E-state index < -0.39 is 16.7 Å². The molecule has 1 heterocycles. The molecule has 1 unspecified atom stereocenters. The van der Waals surface area contributed by atoms with Gasteiger partial charge in [0.15, 0.2) is 11.1 Å². The summed E-state index contributed by atoms with van der Waals surface area (Å²) in [5.41, 5.74) is 0.634. The molecule has 1 atom stereocenters. The van der Waals surface area contributed by atoms with Crippen LogP contribution in [-0.2, 0) is 22.4 Å². The first-order chi connectivity index (χ1) is 8.10. The maximum Gasteiger partial charge on any atom is 0.155 e. The fourth-order valence-electron chi connectivity index (χ4n) is 2.20. The monoisotopic (exact) mass is 255 g/mol. The minimum absolute atomic E-state index is 0.185. The van der Waals surface area contributed by atoms with Gasteiger partial charge < -0.3 is 14.2 Å². The summed E-state index contributed by atoms with van der Waals surface area (Å²) in [5, 5.41) is 0. The van der Waals surface area contributed by atoms with E-state index in [-0.39, 0.29) is 5.75 Å². The van der Waals surface area contributed by atoms with Gasteiger partial charge in [-0.1, -0.05) is 30.3 Å². The van der Waals surface area contributed by atoms with E-state index in [2.05, 4.69) is 4.90 Å². The van der Waals surface area contributed by atoms with Crippen LogP contribution >= 0.6 is 0 Å². The van der Waals surface area contributed by atoms with Crippen LogP contribution in [0.5, 0.6) is 0 Å². The summed E-state index contributed by atoms with van der Waals surface area (Å²) in [6.45, 7) is 1.92. The molecule has 1 aliphatic heterocycles. The van der Waals surface area contributed by atoms with Gasteiger partial charge in [0.1, 0.15) is 5.60 Å². The van der Waals surface area contributed by atoms with Crippen LogP contribution in [0.25, 0.3) is 0 Å². The lowest BCUT2D eigenvalue weighted by Gasteiger charge is -2.47. The van der Waals surface area contributed by atoms with Gasteiger partial charge in [0.2, 0.25) is 0 Å². The number of likely N-dealkylation sites (tertiary alicyclic amines) is 1. The zero-order chi connectivity index (χ0) is 12.3. The highest BCUT2D eigenvalue weighted by atomic mass is 32.2. The molecule has 94 valence electrons. The maximum atomic E-state index is 10.9. The average Bonchev–Trinajstić information content (AvgIpc) is 2.25. The third-order valence-electron chi connectivity index (χ3n) is 2.89. The highest BCUT2D eigenvalue weighted by Gasteiger charge is 2.43. The van der Waals surface area contributed by atoms with Crippen molar-refractivity contribution in [3.8, 4) is 0 Å². The van der Waals surface area contributed by atoms with E-state index in [1.165, 1.54) is 0 Å². The quantitative estimate of drug-likeness (QED) is 0.801. The molecular formula is C12H17NO3S. The van der Waals surface area contributed by atoms with Crippen molar-refractivity contribution in [1.82, 2.24) is 4.90 Å². The molecule has 0 spiro atoms. The fraction of sp³-hybridized carbons (Fsp3) is 0.500. The van der Waals surface area contributed by atoms with Gasteiger partial charge in [0, 0.05) is 13.1 Å². The van der Waals surface area contributed by atoms with Crippen LogP contribution in [0.3, 0.4) is 0 Å². The first kappa shape index (κ1) is 12.7. The molecule has 4 nitrogen and oxygen atoms in total. The van der Waals surface area contributed by atoms with Gasteiger partial charge in [-0.15, -0.1) is 0 Å². The molecule has 1 fully saturated rings. The zero-order valence-electron chi connectivity index (χ0n) is 9.83. The van der Waals surface area contributed by atoms with Crippen LogP contribution in [0.4, 0.5) is 0 Å². The van der Waals surface area contributed by atoms with Gasteiger partial charge in [-0.05, 0) is 12.6 Å². The smallest absolute Gasteiger partial charge is 0.155 e. The summed E-state index contributed by atoms with van der Waals surface area (Å²) >= 11 is -1.81. The maximum absolute atomic E-state index is 10.9. The molecule has 1 aromatic rings. The van der Waals surface area contributed by atoms with Crippen molar-refractivity contribution >= 4 is 11.1 Å². The topological polar surface area (TPSA) is 49.8 Å². The predicted octanol–water partition coefficient (Wildman–Crippen LogP) is 1.11. The molecule has 2 rings (SSSR count). The number of ether oxygens (including phenoxy) is 1. The Hall–Kier alpha value is -0.750. The van der Waals surface area contributed by atoms with Crippen molar-refractivity contribution in [2.24, 2.45) is 0 Å². The Morgan fingerprint density at radius 1 is 1.41 bits per heavy atom. The molecule has 0 saturated carbocycles. The Bertz CT molecular complexity index is 390. The molecule has 0 bridgehead atoms. The molecule has 0 aromatic heterocycles. The number of nitrogens with zero attached hydrogens (tertiary/aromatic N) is 1. The molecule has 1 saturated heterocycles. The summed E-state index contributed by atoms with van der Waals surface area (Å²) in [6, 6.07) is 9.86. The summed E-state index contributed by atoms with van der Waals surface area (Å²) in [5.74, 6) is 0.185. The van der Waals surface area contributed by atoms with Crippen molar-refractivity contribution in [2.75, 3.05) is 25.9 Å². The van der Waals surface area contributed by atoms with Crippen molar-refractivity contribution in [1.29, 1.82) is 0 Å². The van der Waals surface area contributed by atoms with Crippen LogP contribution in [-0.4, -0.2) is 45.2 Å². The second-order valence-corrected chi connectivity index (χ2v) is 5.53. The number of rotatable bonds is 5. The van der Waals surface area contributed by atoms with E-state index >= 15 is 0 Å². The highest BCUT2D eigenvalue weighted by Crippen LogP contribution is 2.26. The largest absolute Gasteiger partial charge is 0.367 e. The molecule has 1 aromatic carbocycles. The van der Waals surface area contributed by atoms with E-state index in [9.17, 15) is 4.21 Å². The molecular weight excluding hydrogens is 238 g/mol. The van der Waals surface area contributed by atoms with Crippen LogP contribution in [0.1, 0.15) is 5.56 Å². The standard InChI is InChI=1S/C12H17NO3S/c1-13-8-12(9-13,10-17(14)15)16-7-11-5-3-2-4-6-11/h2-6H,7-10H2,1H3,(H,14,15). The molecule has 17 heavy (non-hydrogen) atoms. The van der Waals surface area contributed by atoms with E-state index in [1.807, 2.05) is 37.4 Å². The Kier molecular flexibility index (Phi) is 3.93. The fourth-order valence-corrected chi connectivity index (χ4v) is 2.91. The van der Waals surface area contributed by atoms with Crippen molar-refractivity contribution in [3.63, 3.8) is 0 Å². The predicted molar refractivity (Wildman–Crippen MR) is 67.1 cm³/mol. The van der Waals surface area contributed by atoms with E-state index in [0.717, 1.165) is 5.56 Å². The Morgan fingerprint density at radius 3 is 2.59 bits per heavy atom. The zero-order valence-corrected chi connectivity index (χ0v) is 10.7. The van der Waals surface area contributed by atoms with Gasteiger partial charge in [-0.2, -0.15) is 0 Å². The van der Waals surface area contributed by atoms with Gasteiger partial charge in [-0.25, -0.2) is 4.21 Å². The summed E-state index contributed by atoms with van der Waals surface area (Å²) in [6.07, 6.45) is 0. The van der Waals surface area contributed by atoms with Gasteiger partial charge in [0.25, 0.3) is 0 Å². The van der Waals surface area contributed by atoms with Gasteiger partial charge in [0.05, 0.1) is 12.4 Å². The van der Waals surface area contributed by atoms with Crippen molar-refractivity contribution in [3.05, 3.63) is 35.9 Å². The molecule has 0 amide bonds.